The Hall–Kier alpha value is -1.83. The van der Waals surface area contributed by atoms with Crippen molar-refractivity contribution in [3.8, 4) is 0 Å². The quantitative estimate of drug-likeness (QED) is 0.615. The Morgan fingerprint density at radius 2 is 2.11 bits per heavy atom. The van der Waals surface area contributed by atoms with Crippen molar-refractivity contribution < 1.29 is 24.2 Å². The molecule has 3 amide bonds. The lowest BCUT2D eigenvalue weighted by Crippen LogP contribution is -2.56. The molecule has 1 aliphatic rings. The first-order valence-electron chi connectivity index (χ1n) is 5.92. The van der Waals surface area contributed by atoms with Crippen molar-refractivity contribution in [2.24, 2.45) is 5.73 Å². The normalized spacial score (nSPS) is 19.6. The number of hydrogen-bond donors (Lipinski definition) is 3. The minimum Gasteiger partial charge on any atom is -0.480 e. The van der Waals surface area contributed by atoms with Crippen molar-refractivity contribution in [3.05, 3.63) is 0 Å². The lowest BCUT2D eigenvalue weighted by atomic mass is 10.1. The number of hydrogen-bond acceptors (Lipinski definition) is 4. The average molecular weight is 273 g/mol. The summed E-state index contributed by atoms with van der Waals surface area (Å²) in [6.45, 7) is 4.78. The van der Waals surface area contributed by atoms with Gasteiger partial charge < -0.3 is 25.8 Å². The van der Waals surface area contributed by atoms with E-state index in [4.69, 9.17) is 15.6 Å². The van der Waals surface area contributed by atoms with Gasteiger partial charge in [-0.05, 0) is 13.8 Å². The third-order valence-corrected chi connectivity index (χ3v) is 2.71. The standard InChI is InChI=1S/C11H19N3O5/c1-11(2)6-14(3-4-19-11)10(18)13-7(9(16)17)5-8(12)15/h7H,3-6H2,1-2H3,(H2,12,15)(H,13,18)(H,16,17). The third kappa shape index (κ3) is 4.74. The fourth-order valence-electron chi connectivity index (χ4n) is 1.83. The lowest BCUT2D eigenvalue weighted by Gasteiger charge is -2.38. The van der Waals surface area contributed by atoms with E-state index in [1.165, 1.54) is 4.90 Å². The summed E-state index contributed by atoms with van der Waals surface area (Å²) in [4.78, 5) is 35.0. The molecule has 8 nitrogen and oxygen atoms in total. The lowest BCUT2D eigenvalue weighted by molar-refractivity contribution is -0.141. The Labute approximate surface area is 110 Å². The molecule has 108 valence electrons. The SMILES string of the molecule is CC1(C)CN(C(=O)NC(CC(N)=O)C(=O)O)CCO1. The molecule has 8 heteroatoms. The molecular formula is C11H19N3O5. The smallest absolute Gasteiger partial charge is 0.326 e. The number of rotatable bonds is 4. The number of amides is 3. The fourth-order valence-corrected chi connectivity index (χ4v) is 1.83. The van der Waals surface area contributed by atoms with Crippen molar-refractivity contribution >= 4 is 17.9 Å². The minimum atomic E-state index is -1.31. The van der Waals surface area contributed by atoms with Gasteiger partial charge in [0.15, 0.2) is 0 Å². The number of nitrogens with zero attached hydrogens (tertiary/aromatic N) is 1. The van der Waals surface area contributed by atoms with Crippen LogP contribution in [-0.4, -0.2) is 59.3 Å². The molecule has 1 saturated heterocycles. The molecule has 1 unspecified atom stereocenters. The summed E-state index contributed by atoms with van der Waals surface area (Å²) in [5.41, 5.74) is 4.47. The molecule has 1 heterocycles. The monoisotopic (exact) mass is 273 g/mol. The van der Waals surface area contributed by atoms with E-state index < -0.39 is 36.0 Å². The van der Waals surface area contributed by atoms with Gasteiger partial charge in [-0.3, -0.25) is 4.79 Å². The van der Waals surface area contributed by atoms with Crippen molar-refractivity contribution in [1.29, 1.82) is 0 Å². The van der Waals surface area contributed by atoms with E-state index in [-0.39, 0.29) is 0 Å². The Morgan fingerprint density at radius 1 is 1.47 bits per heavy atom. The zero-order chi connectivity index (χ0) is 14.6. The summed E-state index contributed by atoms with van der Waals surface area (Å²) in [5.74, 6) is -2.07. The Balaban J connectivity index is 2.61. The van der Waals surface area contributed by atoms with E-state index in [0.29, 0.717) is 19.7 Å². The number of nitrogens with two attached hydrogens (primary N) is 1. The maximum atomic E-state index is 11.9. The summed E-state index contributed by atoms with van der Waals surface area (Å²) < 4.78 is 5.45. The maximum Gasteiger partial charge on any atom is 0.326 e. The van der Waals surface area contributed by atoms with Gasteiger partial charge in [0.2, 0.25) is 5.91 Å². The van der Waals surface area contributed by atoms with Crippen LogP contribution in [0.25, 0.3) is 0 Å². The van der Waals surface area contributed by atoms with E-state index in [2.05, 4.69) is 5.32 Å². The number of ether oxygens (including phenoxy) is 1. The highest BCUT2D eigenvalue weighted by Gasteiger charge is 2.32. The van der Waals surface area contributed by atoms with Gasteiger partial charge in [-0.15, -0.1) is 0 Å². The second kappa shape index (κ2) is 5.87. The number of carbonyl (C=O) groups excluding carboxylic acids is 2. The number of primary amides is 1. The zero-order valence-corrected chi connectivity index (χ0v) is 11.0. The number of nitrogens with one attached hydrogen (secondary N) is 1. The van der Waals surface area contributed by atoms with Crippen molar-refractivity contribution in [1.82, 2.24) is 10.2 Å². The molecule has 1 fully saturated rings. The van der Waals surface area contributed by atoms with E-state index >= 15 is 0 Å². The van der Waals surface area contributed by atoms with Crippen LogP contribution in [0.3, 0.4) is 0 Å². The van der Waals surface area contributed by atoms with Gasteiger partial charge in [-0.1, -0.05) is 0 Å². The summed E-state index contributed by atoms with van der Waals surface area (Å²) in [6.07, 6.45) is -0.436. The molecule has 1 atom stereocenters. The summed E-state index contributed by atoms with van der Waals surface area (Å²) in [6, 6.07) is -1.85. The molecule has 1 rings (SSSR count). The molecular weight excluding hydrogens is 254 g/mol. The highest BCUT2D eigenvalue weighted by Crippen LogP contribution is 2.16. The van der Waals surface area contributed by atoms with Gasteiger partial charge in [0.05, 0.1) is 25.2 Å². The highest BCUT2D eigenvalue weighted by atomic mass is 16.5. The van der Waals surface area contributed by atoms with Crippen molar-refractivity contribution in [2.75, 3.05) is 19.7 Å². The van der Waals surface area contributed by atoms with Gasteiger partial charge in [-0.2, -0.15) is 0 Å². The van der Waals surface area contributed by atoms with Crippen LogP contribution in [0.4, 0.5) is 4.79 Å². The first-order valence-corrected chi connectivity index (χ1v) is 5.92. The van der Waals surface area contributed by atoms with Crippen LogP contribution in [-0.2, 0) is 14.3 Å². The number of urea groups is 1. The van der Waals surface area contributed by atoms with Crippen LogP contribution < -0.4 is 11.1 Å². The molecule has 0 aromatic heterocycles. The largest absolute Gasteiger partial charge is 0.480 e. The van der Waals surface area contributed by atoms with Crippen LogP contribution in [0.1, 0.15) is 20.3 Å². The van der Waals surface area contributed by atoms with Crippen LogP contribution in [0.5, 0.6) is 0 Å². The molecule has 0 aliphatic carbocycles. The first-order chi connectivity index (χ1) is 8.71. The van der Waals surface area contributed by atoms with Gasteiger partial charge in [0.25, 0.3) is 0 Å². The van der Waals surface area contributed by atoms with Crippen molar-refractivity contribution in [3.63, 3.8) is 0 Å². The number of carboxylic acid groups (broad SMARTS) is 1. The number of carbonyl (C=O) groups is 3. The molecule has 0 aromatic carbocycles. The van der Waals surface area contributed by atoms with Crippen LogP contribution in [0, 0.1) is 0 Å². The van der Waals surface area contributed by atoms with Gasteiger partial charge >= 0.3 is 12.0 Å². The summed E-state index contributed by atoms with van der Waals surface area (Å²) in [5, 5.41) is 11.2. The predicted octanol–water partition coefficient (Wildman–Crippen LogP) is -0.865. The second-order valence-corrected chi connectivity index (χ2v) is 5.04. The van der Waals surface area contributed by atoms with E-state index in [0.717, 1.165) is 0 Å². The molecule has 0 radical (unpaired) electrons. The number of aliphatic carboxylic acids is 1. The first kappa shape index (κ1) is 15.2. The average Bonchev–Trinajstić information content (AvgIpc) is 2.25. The molecule has 1 aliphatic heterocycles. The Morgan fingerprint density at radius 3 is 2.58 bits per heavy atom. The van der Waals surface area contributed by atoms with Gasteiger partial charge in [0, 0.05) is 6.54 Å². The maximum absolute atomic E-state index is 11.9. The molecule has 0 bridgehead atoms. The van der Waals surface area contributed by atoms with Crippen LogP contribution in [0.2, 0.25) is 0 Å². The fraction of sp³-hybridized carbons (Fsp3) is 0.727. The van der Waals surface area contributed by atoms with E-state index in [1.807, 2.05) is 13.8 Å². The molecule has 0 saturated carbocycles. The van der Waals surface area contributed by atoms with Gasteiger partial charge in [0.1, 0.15) is 6.04 Å². The molecule has 0 spiro atoms. The van der Waals surface area contributed by atoms with E-state index in [1.54, 1.807) is 0 Å². The summed E-state index contributed by atoms with van der Waals surface area (Å²) >= 11 is 0. The minimum absolute atomic E-state index is 0.349. The summed E-state index contributed by atoms with van der Waals surface area (Å²) in [7, 11) is 0. The highest BCUT2D eigenvalue weighted by molar-refractivity contribution is 5.87. The zero-order valence-electron chi connectivity index (χ0n) is 11.0. The topological polar surface area (TPSA) is 122 Å². The van der Waals surface area contributed by atoms with Gasteiger partial charge in [-0.25, -0.2) is 9.59 Å². The Bertz CT molecular complexity index is 383. The van der Waals surface area contributed by atoms with Crippen molar-refractivity contribution in [2.45, 2.75) is 31.9 Å². The second-order valence-electron chi connectivity index (χ2n) is 5.04. The van der Waals surface area contributed by atoms with E-state index in [9.17, 15) is 14.4 Å². The number of morpholine rings is 1. The third-order valence-electron chi connectivity index (χ3n) is 2.71. The van der Waals surface area contributed by atoms with Crippen LogP contribution >= 0.6 is 0 Å². The van der Waals surface area contributed by atoms with Crippen LogP contribution in [0.15, 0.2) is 0 Å². The molecule has 19 heavy (non-hydrogen) atoms. The Kier molecular flexibility index (Phi) is 4.71. The molecule has 0 aromatic rings. The molecule has 4 N–H and O–H groups in total. The predicted molar refractivity (Wildman–Crippen MR) is 65.4 cm³/mol. The number of carboxylic acids is 1.